The Balaban J connectivity index is 0.000000853. The summed E-state index contributed by atoms with van der Waals surface area (Å²) in [6, 6.07) is 0. The molecule has 0 amide bonds. The van der Waals surface area contributed by atoms with Crippen molar-refractivity contribution in [2.24, 2.45) is 0 Å². The summed E-state index contributed by atoms with van der Waals surface area (Å²) in [5.74, 6) is 1.48. The molecule has 0 radical (unpaired) electrons. The minimum atomic E-state index is -2.48. The highest BCUT2D eigenvalue weighted by atomic mass is 79.9. The summed E-state index contributed by atoms with van der Waals surface area (Å²) in [7, 11) is -2.48. The number of carbonyl (C=O) groups is 1. The largest absolute Gasteiger partial charge is 1.00 e. The van der Waals surface area contributed by atoms with E-state index in [9.17, 15) is 4.79 Å². The third kappa shape index (κ3) is 1.71. The summed E-state index contributed by atoms with van der Waals surface area (Å²) in [6.07, 6.45) is 1.44. The topological polar surface area (TPSA) is 44.8 Å². The molecule has 0 N–H and O–H groups in total. The van der Waals surface area contributed by atoms with Gasteiger partial charge in [-0.3, -0.25) is 0 Å². The van der Waals surface area contributed by atoms with Crippen molar-refractivity contribution in [1.82, 2.24) is 0 Å². The minimum Gasteiger partial charge on any atom is -1.00 e. The predicted molar refractivity (Wildman–Crippen MR) is 53.6 cm³/mol. The number of hydrogen-bond acceptors (Lipinski definition) is 4. The van der Waals surface area contributed by atoms with Gasteiger partial charge >= 0.3 is 13.9 Å². The SMILES string of the molecule is CC1O[P+]2(C=C(Br)C3(CC3)O2)OC1=O.[Br-]. The molecule has 0 aromatic rings. The number of hydrogen-bond donors (Lipinski definition) is 0. The Morgan fingerprint density at radius 1 is 1.60 bits per heavy atom. The van der Waals surface area contributed by atoms with Crippen molar-refractivity contribution in [2.45, 2.75) is 31.5 Å². The lowest BCUT2D eigenvalue weighted by Crippen LogP contribution is -3.00. The van der Waals surface area contributed by atoms with E-state index in [0.717, 1.165) is 17.3 Å². The van der Waals surface area contributed by atoms with E-state index in [-0.39, 0.29) is 28.6 Å². The molecule has 15 heavy (non-hydrogen) atoms. The molecule has 0 bridgehead atoms. The fourth-order valence-electron chi connectivity index (χ4n) is 1.60. The second-order valence-corrected chi connectivity index (χ2v) is 6.53. The zero-order chi connectivity index (χ0) is 9.97. The summed E-state index contributed by atoms with van der Waals surface area (Å²) in [5.41, 5.74) is -0.224. The standard InChI is InChI=1S/C8H9BrO4P.BrH/c1-5-7(10)12-14(11-5)4-6(9)8(13-14)2-3-8;/h4-5H,2-3H2,1H3;1H/q+1;/p-1. The Bertz CT molecular complexity index is 355. The van der Waals surface area contributed by atoms with Gasteiger partial charge in [-0.15, -0.1) is 0 Å². The van der Waals surface area contributed by atoms with Gasteiger partial charge in [0, 0.05) is 0 Å². The molecule has 1 aliphatic carbocycles. The first kappa shape index (κ1) is 12.0. The highest BCUT2D eigenvalue weighted by Crippen LogP contribution is 2.79. The fourth-order valence-corrected chi connectivity index (χ4v) is 5.45. The fraction of sp³-hybridized carbons (Fsp3) is 0.625. The third-order valence-electron chi connectivity index (χ3n) is 2.57. The van der Waals surface area contributed by atoms with Crippen molar-refractivity contribution in [3.63, 3.8) is 0 Å². The Kier molecular flexibility index (Phi) is 2.80. The second kappa shape index (κ2) is 3.50. The van der Waals surface area contributed by atoms with Crippen LogP contribution in [0.15, 0.2) is 10.3 Å². The van der Waals surface area contributed by atoms with E-state index in [1.165, 1.54) is 0 Å². The molecule has 2 atom stereocenters. The van der Waals surface area contributed by atoms with E-state index in [2.05, 4.69) is 15.9 Å². The highest BCUT2D eigenvalue weighted by Gasteiger charge is 2.71. The van der Waals surface area contributed by atoms with E-state index in [4.69, 9.17) is 13.6 Å². The molecule has 4 nitrogen and oxygen atoms in total. The van der Waals surface area contributed by atoms with E-state index in [1.54, 1.807) is 12.7 Å². The van der Waals surface area contributed by atoms with Crippen LogP contribution in [-0.2, 0) is 18.4 Å². The first-order chi connectivity index (χ1) is 6.55. The van der Waals surface area contributed by atoms with Gasteiger partial charge in [0.2, 0.25) is 6.10 Å². The Morgan fingerprint density at radius 2 is 2.27 bits per heavy atom. The highest BCUT2D eigenvalue weighted by molar-refractivity contribution is 9.11. The van der Waals surface area contributed by atoms with Crippen LogP contribution in [0.5, 0.6) is 0 Å². The molecule has 0 aromatic heterocycles. The van der Waals surface area contributed by atoms with Crippen LogP contribution in [0.25, 0.3) is 0 Å². The van der Waals surface area contributed by atoms with Gasteiger partial charge in [0.1, 0.15) is 0 Å². The van der Waals surface area contributed by atoms with Gasteiger partial charge < -0.3 is 17.0 Å². The Morgan fingerprint density at radius 3 is 2.67 bits per heavy atom. The molecule has 1 saturated heterocycles. The van der Waals surface area contributed by atoms with Crippen LogP contribution in [0.1, 0.15) is 19.8 Å². The lowest BCUT2D eigenvalue weighted by atomic mass is 10.3. The minimum absolute atomic E-state index is 0. The van der Waals surface area contributed by atoms with Gasteiger partial charge in [0.25, 0.3) is 0 Å². The predicted octanol–water partition coefficient (Wildman–Crippen LogP) is -0.486. The maximum atomic E-state index is 11.2. The van der Waals surface area contributed by atoms with Crippen LogP contribution in [0, 0.1) is 0 Å². The Labute approximate surface area is 107 Å². The lowest BCUT2D eigenvalue weighted by molar-refractivity contribution is -0.135. The van der Waals surface area contributed by atoms with Gasteiger partial charge in [0.15, 0.2) is 11.4 Å². The van der Waals surface area contributed by atoms with Crippen LogP contribution < -0.4 is 17.0 Å². The molecular weight excluding hydrogens is 351 g/mol. The van der Waals surface area contributed by atoms with Gasteiger partial charge in [-0.25, -0.2) is 9.32 Å². The number of halogens is 2. The van der Waals surface area contributed by atoms with Crippen LogP contribution in [0.3, 0.4) is 0 Å². The molecule has 0 aromatic carbocycles. The monoisotopic (exact) mass is 358 g/mol. The van der Waals surface area contributed by atoms with Crippen molar-refractivity contribution in [3.8, 4) is 0 Å². The summed E-state index contributed by atoms with van der Waals surface area (Å²) in [4.78, 5) is 11.2. The van der Waals surface area contributed by atoms with Crippen LogP contribution in [0.4, 0.5) is 0 Å². The maximum absolute atomic E-state index is 11.2. The molecular formula is C8H9Br2O4P. The van der Waals surface area contributed by atoms with E-state index < -0.39 is 14.0 Å². The number of carbonyl (C=O) groups excluding carboxylic acids is 1. The van der Waals surface area contributed by atoms with Crippen molar-refractivity contribution in [3.05, 3.63) is 10.3 Å². The molecule has 2 spiro atoms. The van der Waals surface area contributed by atoms with Crippen molar-refractivity contribution >= 4 is 29.8 Å². The van der Waals surface area contributed by atoms with Crippen molar-refractivity contribution in [1.29, 1.82) is 0 Å². The third-order valence-corrected chi connectivity index (χ3v) is 6.10. The van der Waals surface area contributed by atoms with E-state index in [1.807, 2.05) is 0 Å². The average molecular weight is 360 g/mol. The van der Waals surface area contributed by atoms with Crippen LogP contribution in [-0.4, -0.2) is 17.7 Å². The first-order valence-corrected chi connectivity index (χ1v) is 6.86. The molecule has 2 aliphatic heterocycles. The van der Waals surface area contributed by atoms with Gasteiger partial charge in [0.05, 0.1) is 4.48 Å². The second-order valence-electron chi connectivity index (χ2n) is 3.76. The summed E-state index contributed by atoms with van der Waals surface area (Å²) in [6.45, 7) is 1.68. The zero-order valence-electron chi connectivity index (χ0n) is 7.91. The normalized spacial score (nSPS) is 40.3. The molecule has 2 unspecified atom stereocenters. The van der Waals surface area contributed by atoms with Gasteiger partial charge in [-0.1, -0.05) is 0 Å². The summed E-state index contributed by atoms with van der Waals surface area (Å²) in [5, 5.41) is 0. The first-order valence-electron chi connectivity index (χ1n) is 4.45. The molecule has 1 saturated carbocycles. The Hall–Kier alpha value is 0.520. The molecule has 3 rings (SSSR count). The van der Waals surface area contributed by atoms with Gasteiger partial charge in [-0.2, -0.15) is 9.05 Å². The zero-order valence-corrected chi connectivity index (χ0v) is 12.0. The average Bonchev–Trinajstić information content (AvgIpc) is 2.72. The maximum Gasteiger partial charge on any atom is 0.492 e. The molecule has 2 heterocycles. The smallest absolute Gasteiger partial charge is 0.492 e. The van der Waals surface area contributed by atoms with E-state index >= 15 is 0 Å². The number of rotatable bonds is 0. The molecule has 2 fully saturated rings. The van der Waals surface area contributed by atoms with Crippen molar-refractivity contribution in [2.75, 3.05) is 0 Å². The molecule has 7 heteroatoms. The molecule has 3 aliphatic rings. The summed E-state index contributed by atoms with van der Waals surface area (Å²) < 4.78 is 17.4. The summed E-state index contributed by atoms with van der Waals surface area (Å²) >= 11 is 3.44. The quantitative estimate of drug-likeness (QED) is 0.548. The van der Waals surface area contributed by atoms with E-state index in [0.29, 0.717) is 0 Å². The van der Waals surface area contributed by atoms with Crippen LogP contribution >= 0.6 is 23.9 Å². The van der Waals surface area contributed by atoms with Gasteiger partial charge in [-0.05, 0) is 35.7 Å². The molecule has 84 valence electrons. The lowest BCUT2D eigenvalue weighted by Gasteiger charge is -2.08. The van der Waals surface area contributed by atoms with Crippen LogP contribution in [0.2, 0.25) is 0 Å². The van der Waals surface area contributed by atoms with Crippen molar-refractivity contribution < 1.29 is 35.3 Å².